The highest BCUT2D eigenvalue weighted by molar-refractivity contribution is 5.35. The summed E-state index contributed by atoms with van der Waals surface area (Å²) in [6.07, 6.45) is 2.16. The second-order valence-electron chi connectivity index (χ2n) is 3.72. The minimum atomic E-state index is 0.376. The predicted octanol–water partition coefficient (Wildman–Crippen LogP) is 4.31. The van der Waals surface area contributed by atoms with Crippen LogP contribution in [0.1, 0.15) is 32.3 Å². The molecule has 0 aliphatic carbocycles. The lowest BCUT2D eigenvalue weighted by atomic mass is 9.87. The highest BCUT2D eigenvalue weighted by atomic mass is 14.2. The van der Waals surface area contributed by atoms with Gasteiger partial charge in [-0.25, -0.2) is 0 Å². The molecular formula is C14H18. The third-order valence-electron chi connectivity index (χ3n) is 2.54. The van der Waals surface area contributed by atoms with E-state index in [9.17, 15) is 0 Å². The molecule has 0 nitrogen and oxygen atoms in total. The zero-order valence-corrected chi connectivity index (χ0v) is 9.25. The summed E-state index contributed by atoms with van der Waals surface area (Å²) in [7, 11) is 0. The van der Waals surface area contributed by atoms with Crippen LogP contribution in [0.4, 0.5) is 0 Å². The lowest BCUT2D eigenvalue weighted by Gasteiger charge is -2.18. The van der Waals surface area contributed by atoms with Crippen LogP contribution in [0.25, 0.3) is 0 Å². The summed E-state index contributed by atoms with van der Waals surface area (Å²) in [5, 5.41) is 0. The van der Waals surface area contributed by atoms with E-state index in [1.165, 1.54) is 16.7 Å². The van der Waals surface area contributed by atoms with Crippen LogP contribution in [0.2, 0.25) is 0 Å². The van der Waals surface area contributed by atoms with Crippen molar-refractivity contribution in [3.05, 3.63) is 59.7 Å². The van der Waals surface area contributed by atoms with E-state index in [1.807, 2.05) is 6.07 Å². The van der Waals surface area contributed by atoms with E-state index in [2.05, 4.69) is 57.7 Å². The fourth-order valence-corrected chi connectivity index (χ4v) is 1.75. The molecule has 0 aliphatic heterocycles. The Kier molecular flexibility index (Phi) is 3.70. The molecule has 14 heavy (non-hydrogen) atoms. The Hall–Kier alpha value is -1.30. The van der Waals surface area contributed by atoms with E-state index in [-0.39, 0.29) is 0 Å². The number of benzene rings is 1. The van der Waals surface area contributed by atoms with E-state index in [4.69, 9.17) is 0 Å². The van der Waals surface area contributed by atoms with Gasteiger partial charge in [-0.15, -0.1) is 0 Å². The van der Waals surface area contributed by atoms with Crippen molar-refractivity contribution in [3.63, 3.8) is 0 Å². The largest absolute Gasteiger partial charge is 0.0992 e. The van der Waals surface area contributed by atoms with Gasteiger partial charge in [0.05, 0.1) is 0 Å². The van der Waals surface area contributed by atoms with Crippen LogP contribution in [-0.4, -0.2) is 0 Å². The molecule has 0 saturated carbocycles. The Labute approximate surface area is 87.0 Å². The van der Waals surface area contributed by atoms with Crippen molar-refractivity contribution in [1.29, 1.82) is 0 Å². The Morgan fingerprint density at radius 2 is 1.79 bits per heavy atom. The molecule has 0 fully saturated rings. The van der Waals surface area contributed by atoms with Crippen molar-refractivity contribution in [2.45, 2.75) is 26.7 Å². The molecule has 0 N–H and O–H groups in total. The number of hydrogen-bond acceptors (Lipinski definition) is 0. The van der Waals surface area contributed by atoms with Gasteiger partial charge in [0.1, 0.15) is 0 Å². The molecule has 0 spiro atoms. The third-order valence-corrected chi connectivity index (χ3v) is 2.54. The molecule has 1 unspecified atom stereocenters. The van der Waals surface area contributed by atoms with Gasteiger partial charge >= 0.3 is 0 Å². The molecule has 0 saturated heterocycles. The molecule has 1 rings (SSSR count). The summed E-state index contributed by atoms with van der Waals surface area (Å²) < 4.78 is 0. The van der Waals surface area contributed by atoms with Crippen molar-refractivity contribution in [1.82, 2.24) is 0 Å². The molecule has 1 atom stereocenters. The second-order valence-corrected chi connectivity index (χ2v) is 3.72. The lowest BCUT2D eigenvalue weighted by molar-refractivity contribution is 0.920. The number of allylic oxidation sites excluding steroid dienone is 3. The number of rotatable bonds is 3. The van der Waals surface area contributed by atoms with Crippen LogP contribution in [0.3, 0.4) is 0 Å². The molecule has 0 heteroatoms. The van der Waals surface area contributed by atoms with Gasteiger partial charge in [0.15, 0.2) is 0 Å². The Morgan fingerprint density at radius 3 is 2.21 bits per heavy atom. The minimum Gasteiger partial charge on any atom is -0.0992 e. The molecule has 1 aromatic rings. The molecule has 0 radical (unpaired) electrons. The molecule has 0 bridgehead atoms. The van der Waals surface area contributed by atoms with Crippen LogP contribution >= 0.6 is 0 Å². The van der Waals surface area contributed by atoms with Crippen molar-refractivity contribution >= 4 is 0 Å². The fraction of sp³-hybridized carbons (Fsp3) is 0.286. The highest BCUT2D eigenvalue weighted by Crippen LogP contribution is 2.29. The maximum absolute atomic E-state index is 4.06. The van der Waals surface area contributed by atoms with E-state index >= 15 is 0 Å². The van der Waals surface area contributed by atoms with Crippen LogP contribution < -0.4 is 0 Å². The average Bonchev–Trinajstić information content (AvgIpc) is 2.19. The van der Waals surface area contributed by atoms with E-state index in [0.717, 1.165) is 0 Å². The summed E-state index contributed by atoms with van der Waals surface area (Å²) in [4.78, 5) is 0. The van der Waals surface area contributed by atoms with Gasteiger partial charge in [-0.05, 0) is 26.3 Å². The first-order valence-corrected chi connectivity index (χ1v) is 5.00. The first-order chi connectivity index (χ1) is 6.66. The van der Waals surface area contributed by atoms with Gasteiger partial charge in [0.25, 0.3) is 0 Å². The molecule has 0 amide bonds. The summed E-state index contributed by atoms with van der Waals surface area (Å²) in [5.41, 5.74) is 3.89. The SMILES string of the molecule is C=C(C)C(/C(C)=C\C)c1ccccc1. The first kappa shape index (κ1) is 10.8. The first-order valence-electron chi connectivity index (χ1n) is 5.00. The maximum Gasteiger partial charge on any atom is 0.0249 e. The van der Waals surface area contributed by atoms with Crippen molar-refractivity contribution in [2.24, 2.45) is 0 Å². The summed E-state index contributed by atoms with van der Waals surface area (Å²) >= 11 is 0. The van der Waals surface area contributed by atoms with Crippen molar-refractivity contribution in [3.8, 4) is 0 Å². The van der Waals surface area contributed by atoms with E-state index in [1.54, 1.807) is 0 Å². The smallest absolute Gasteiger partial charge is 0.0249 e. The zero-order valence-electron chi connectivity index (χ0n) is 9.25. The molecule has 0 aromatic heterocycles. The van der Waals surface area contributed by atoms with Crippen LogP contribution in [0, 0.1) is 0 Å². The van der Waals surface area contributed by atoms with Gasteiger partial charge in [0.2, 0.25) is 0 Å². The van der Waals surface area contributed by atoms with Gasteiger partial charge in [0, 0.05) is 5.92 Å². The zero-order chi connectivity index (χ0) is 10.6. The van der Waals surface area contributed by atoms with Crippen LogP contribution in [0.5, 0.6) is 0 Å². The van der Waals surface area contributed by atoms with Gasteiger partial charge in [-0.1, -0.05) is 54.1 Å². The average molecular weight is 186 g/mol. The lowest BCUT2D eigenvalue weighted by Crippen LogP contribution is -2.00. The fourth-order valence-electron chi connectivity index (χ4n) is 1.75. The summed E-state index contributed by atoms with van der Waals surface area (Å²) in [6, 6.07) is 10.5. The Morgan fingerprint density at radius 1 is 1.21 bits per heavy atom. The Balaban J connectivity index is 3.08. The minimum absolute atomic E-state index is 0.376. The Bertz CT molecular complexity index is 330. The molecule has 0 heterocycles. The quantitative estimate of drug-likeness (QED) is 0.617. The number of hydrogen-bond donors (Lipinski definition) is 0. The highest BCUT2D eigenvalue weighted by Gasteiger charge is 2.12. The molecule has 1 aromatic carbocycles. The summed E-state index contributed by atoms with van der Waals surface area (Å²) in [5.74, 6) is 0.376. The van der Waals surface area contributed by atoms with Crippen molar-refractivity contribution < 1.29 is 0 Å². The second kappa shape index (κ2) is 4.80. The normalized spacial score (nSPS) is 13.8. The van der Waals surface area contributed by atoms with Crippen molar-refractivity contribution in [2.75, 3.05) is 0 Å². The molecule has 74 valence electrons. The predicted molar refractivity (Wildman–Crippen MR) is 63.4 cm³/mol. The monoisotopic (exact) mass is 186 g/mol. The molecule has 0 aliphatic rings. The van der Waals surface area contributed by atoms with E-state index in [0.29, 0.717) is 5.92 Å². The third kappa shape index (κ3) is 2.35. The van der Waals surface area contributed by atoms with Crippen LogP contribution in [-0.2, 0) is 0 Å². The van der Waals surface area contributed by atoms with E-state index < -0.39 is 0 Å². The summed E-state index contributed by atoms with van der Waals surface area (Å²) in [6.45, 7) is 10.4. The molecular weight excluding hydrogens is 168 g/mol. The van der Waals surface area contributed by atoms with Gasteiger partial charge < -0.3 is 0 Å². The van der Waals surface area contributed by atoms with Gasteiger partial charge in [-0.3, -0.25) is 0 Å². The maximum atomic E-state index is 4.06. The van der Waals surface area contributed by atoms with Gasteiger partial charge in [-0.2, -0.15) is 0 Å². The topological polar surface area (TPSA) is 0 Å². The standard InChI is InChI=1S/C14H18/c1-5-12(4)14(11(2)3)13-9-7-6-8-10-13/h5-10,14H,2H2,1,3-4H3/b12-5-. The van der Waals surface area contributed by atoms with Crippen LogP contribution in [0.15, 0.2) is 54.1 Å².